The van der Waals surface area contributed by atoms with Crippen LogP contribution in [0.1, 0.15) is 31.2 Å². The molecule has 1 saturated carbocycles. The predicted octanol–water partition coefficient (Wildman–Crippen LogP) is 1.97. The van der Waals surface area contributed by atoms with Gasteiger partial charge in [0.25, 0.3) is 0 Å². The smallest absolute Gasteiger partial charge is 0.243 e. The molecule has 102 valence electrons. The zero-order chi connectivity index (χ0) is 13.2. The van der Waals surface area contributed by atoms with Gasteiger partial charge in [-0.3, -0.25) is 0 Å². The summed E-state index contributed by atoms with van der Waals surface area (Å²) in [5.41, 5.74) is 7.94. The molecule has 3 rings (SSSR count). The summed E-state index contributed by atoms with van der Waals surface area (Å²) in [6.45, 7) is 2.69. The van der Waals surface area contributed by atoms with Crippen molar-refractivity contribution in [2.75, 3.05) is 11.9 Å². The van der Waals surface area contributed by atoms with Gasteiger partial charge in [0.15, 0.2) is 5.65 Å². The quantitative estimate of drug-likeness (QED) is 0.881. The van der Waals surface area contributed by atoms with E-state index >= 15 is 0 Å². The molecule has 0 aliphatic heterocycles. The summed E-state index contributed by atoms with van der Waals surface area (Å²) < 4.78 is 1.82. The van der Waals surface area contributed by atoms with E-state index in [9.17, 15) is 0 Å². The van der Waals surface area contributed by atoms with Crippen molar-refractivity contribution in [1.29, 1.82) is 0 Å². The minimum absolute atomic E-state index is 0.293. The highest BCUT2D eigenvalue weighted by Crippen LogP contribution is 2.28. The van der Waals surface area contributed by atoms with Crippen molar-refractivity contribution in [1.82, 2.24) is 14.6 Å². The Morgan fingerprint density at radius 3 is 2.95 bits per heavy atom. The number of hydrogen-bond donors (Lipinski definition) is 2. The molecule has 0 spiro atoms. The first-order chi connectivity index (χ1) is 9.26. The topological polar surface area (TPSA) is 68.2 Å². The van der Waals surface area contributed by atoms with E-state index in [1.165, 1.54) is 31.2 Å². The Bertz CT molecular complexity index is 556. The van der Waals surface area contributed by atoms with Gasteiger partial charge in [-0.15, -0.1) is 5.10 Å². The van der Waals surface area contributed by atoms with Gasteiger partial charge < -0.3 is 11.1 Å². The second-order valence-electron chi connectivity index (χ2n) is 5.48. The van der Waals surface area contributed by atoms with E-state index in [1.807, 2.05) is 22.8 Å². The van der Waals surface area contributed by atoms with Crippen LogP contribution in [0.3, 0.4) is 0 Å². The average Bonchev–Trinajstić information content (AvgIpc) is 3.04. The maximum atomic E-state index is 5.89. The summed E-state index contributed by atoms with van der Waals surface area (Å²) in [4.78, 5) is 4.50. The van der Waals surface area contributed by atoms with E-state index in [0.29, 0.717) is 24.5 Å². The lowest BCUT2D eigenvalue weighted by atomic mass is 9.98. The number of pyridine rings is 1. The Morgan fingerprint density at radius 2 is 2.21 bits per heavy atom. The number of hydrogen-bond acceptors (Lipinski definition) is 4. The van der Waals surface area contributed by atoms with Crippen molar-refractivity contribution < 1.29 is 0 Å². The molecule has 0 saturated heterocycles. The first-order valence-corrected chi connectivity index (χ1v) is 7.06. The summed E-state index contributed by atoms with van der Waals surface area (Å²) in [6.07, 6.45) is 7.16. The average molecular weight is 259 g/mol. The second-order valence-corrected chi connectivity index (χ2v) is 5.48. The van der Waals surface area contributed by atoms with Gasteiger partial charge in [0.05, 0.1) is 0 Å². The number of nitrogens with two attached hydrogens (primary N) is 1. The predicted molar refractivity (Wildman–Crippen MR) is 76.1 cm³/mol. The standard InChI is InChI=1S/C14H21N5/c1-10-6-7-13-17-14(18-19(13)9-10)16-12(8-15)11-4-2-3-5-11/h6-7,9,11-12H,2-5,8,15H2,1H3,(H,16,18). The maximum absolute atomic E-state index is 5.89. The van der Waals surface area contributed by atoms with Gasteiger partial charge in [-0.25, -0.2) is 4.52 Å². The largest absolute Gasteiger partial charge is 0.349 e. The fourth-order valence-corrected chi connectivity index (χ4v) is 2.94. The third-order valence-electron chi connectivity index (χ3n) is 4.02. The van der Waals surface area contributed by atoms with Crippen molar-refractivity contribution >= 4 is 11.6 Å². The summed E-state index contributed by atoms with van der Waals surface area (Å²) >= 11 is 0. The Labute approximate surface area is 113 Å². The number of aromatic nitrogens is 3. The van der Waals surface area contributed by atoms with Crippen LogP contribution in [0.4, 0.5) is 5.95 Å². The molecule has 0 amide bonds. The molecule has 2 aromatic rings. The monoisotopic (exact) mass is 259 g/mol. The highest BCUT2D eigenvalue weighted by Gasteiger charge is 2.24. The first kappa shape index (κ1) is 12.4. The fourth-order valence-electron chi connectivity index (χ4n) is 2.94. The molecule has 0 bridgehead atoms. The summed E-state index contributed by atoms with van der Waals surface area (Å²) in [7, 11) is 0. The van der Waals surface area contributed by atoms with Crippen LogP contribution in [-0.2, 0) is 0 Å². The normalized spacial score (nSPS) is 18.0. The number of nitrogens with one attached hydrogen (secondary N) is 1. The molecule has 19 heavy (non-hydrogen) atoms. The highest BCUT2D eigenvalue weighted by atomic mass is 15.3. The number of rotatable bonds is 4. The van der Waals surface area contributed by atoms with Crippen molar-refractivity contribution in [3.63, 3.8) is 0 Å². The van der Waals surface area contributed by atoms with Gasteiger partial charge in [-0.05, 0) is 37.3 Å². The van der Waals surface area contributed by atoms with Gasteiger partial charge in [0, 0.05) is 18.8 Å². The molecule has 5 nitrogen and oxygen atoms in total. The first-order valence-electron chi connectivity index (χ1n) is 7.06. The molecule has 1 aliphatic rings. The lowest BCUT2D eigenvalue weighted by molar-refractivity contribution is 0.460. The van der Waals surface area contributed by atoms with Crippen LogP contribution in [-0.4, -0.2) is 27.2 Å². The van der Waals surface area contributed by atoms with Gasteiger partial charge in [-0.1, -0.05) is 18.9 Å². The Balaban J connectivity index is 1.79. The second kappa shape index (κ2) is 5.17. The Morgan fingerprint density at radius 1 is 1.42 bits per heavy atom. The van der Waals surface area contributed by atoms with E-state index in [4.69, 9.17) is 5.73 Å². The maximum Gasteiger partial charge on any atom is 0.243 e. The van der Waals surface area contributed by atoms with Gasteiger partial charge in [-0.2, -0.15) is 4.98 Å². The third-order valence-corrected chi connectivity index (χ3v) is 4.02. The SMILES string of the molecule is Cc1ccc2nc(NC(CN)C3CCCC3)nn2c1. The minimum atomic E-state index is 0.293. The number of nitrogens with zero attached hydrogens (tertiary/aromatic N) is 3. The van der Waals surface area contributed by atoms with E-state index < -0.39 is 0 Å². The zero-order valence-electron chi connectivity index (χ0n) is 11.3. The van der Waals surface area contributed by atoms with Crippen LogP contribution in [0.2, 0.25) is 0 Å². The molecule has 2 aromatic heterocycles. The molecule has 1 atom stereocenters. The molecule has 5 heteroatoms. The van der Waals surface area contributed by atoms with Crippen LogP contribution in [0.25, 0.3) is 5.65 Å². The Hall–Kier alpha value is -1.62. The van der Waals surface area contributed by atoms with Crippen molar-refractivity contribution in [3.05, 3.63) is 23.9 Å². The van der Waals surface area contributed by atoms with Crippen LogP contribution in [0.15, 0.2) is 18.3 Å². The van der Waals surface area contributed by atoms with E-state index in [2.05, 4.69) is 22.3 Å². The van der Waals surface area contributed by atoms with Gasteiger partial charge in [0.2, 0.25) is 5.95 Å². The van der Waals surface area contributed by atoms with E-state index in [-0.39, 0.29) is 0 Å². The van der Waals surface area contributed by atoms with E-state index in [0.717, 1.165) is 5.65 Å². The molecule has 1 aliphatic carbocycles. The Kier molecular flexibility index (Phi) is 3.38. The molecule has 0 aromatic carbocycles. The molecule has 0 radical (unpaired) electrons. The lowest BCUT2D eigenvalue weighted by Gasteiger charge is -2.22. The fraction of sp³-hybridized carbons (Fsp3) is 0.571. The van der Waals surface area contributed by atoms with Crippen LogP contribution >= 0.6 is 0 Å². The highest BCUT2D eigenvalue weighted by molar-refractivity contribution is 5.44. The summed E-state index contributed by atoms with van der Waals surface area (Å²) in [5.74, 6) is 1.35. The molecular weight excluding hydrogens is 238 g/mol. The van der Waals surface area contributed by atoms with Crippen molar-refractivity contribution in [3.8, 4) is 0 Å². The minimum Gasteiger partial charge on any atom is -0.349 e. The van der Waals surface area contributed by atoms with Gasteiger partial charge >= 0.3 is 0 Å². The summed E-state index contributed by atoms with van der Waals surface area (Å²) in [6, 6.07) is 4.33. The number of anilines is 1. The van der Waals surface area contributed by atoms with Crippen molar-refractivity contribution in [2.24, 2.45) is 11.7 Å². The molecular formula is C14H21N5. The zero-order valence-corrected chi connectivity index (χ0v) is 11.3. The van der Waals surface area contributed by atoms with Gasteiger partial charge in [0.1, 0.15) is 0 Å². The van der Waals surface area contributed by atoms with Crippen LogP contribution < -0.4 is 11.1 Å². The van der Waals surface area contributed by atoms with E-state index in [1.54, 1.807) is 0 Å². The molecule has 2 heterocycles. The van der Waals surface area contributed by atoms with Crippen LogP contribution in [0, 0.1) is 12.8 Å². The molecule has 3 N–H and O–H groups in total. The number of fused-ring (bicyclic) bond motifs is 1. The lowest BCUT2D eigenvalue weighted by Crippen LogP contribution is -2.35. The molecule has 1 fully saturated rings. The molecule has 1 unspecified atom stereocenters. The summed E-state index contributed by atoms with van der Waals surface area (Å²) in [5, 5.41) is 7.88. The number of aryl methyl sites for hydroxylation is 1. The van der Waals surface area contributed by atoms with Crippen LogP contribution in [0.5, 0.6) is 0 Å². The third kappa shape index (κ3) is 2.56. The van der Waals surface area contributed by atoms with Crippen molar-refractivity contribution in [2.45, 2.75) is 38.6 Å².